The highest BCUT2D eigenvalue weighted by atomic mass is 16.3. The summed E-state index contributed by atoms with van der Waals surface area (Å²) in [6, 6.07) is 10.5. The maximum Gasteiger partial charge on any atom is 0.289 e. The van der Waals surface area contributed by atoms with Gasteiger partial charge in [-0.15, -0.1) is 0 Å². The number of amides is 3. The summed E-state index contributed by atoms with van der Waals surface area (Å²) in [4.78, 5) is 43.3. The highest BCUT2D eigenvalue weighted by Gasteiger charge is 2.40. The van der Waals surface area contributed by atoms with Gasteiger partial charge in [0.25, 0.3) is 5.91 Å². The van der Waals surface area contributed by atoms with E-state index in [0.29, 0.717) is 44.8 Å². The summed E-state index contributed by atoms with van der Waals surface area (Å²) >= 11 is 0. The SMILES string of the molecule is CCC(=O)N1c2ccccc2CC1C(=O)N1CCN(C(=O)c2ccco2)CC1. The molecule has 0 bridgehead atoms. The highest BCUT2D eigenvalue weighted by molar-refractivity contribution is 6.03. The topological polar surface area (TPSA) is 74.1 Å². The van der Waals surface area contributed by atoms with Crippen molar-refractivity contribution in [3.63, 3.8) is 0 Å². The van der Waals surface area contributed by atoms with E-state index in [1.54, 1.807) is 26.8 Å². The molecule has 1 saturated heterocycles. The van der Waals surface area contributed by atoms with Crippen LogP contribution in [0.5, 0.6) is 0 Å². The fraction of sp³-hybridized carbons (Fsp3) is 0.381. The molecule has 2 aliphatic heterocycles. The minimum absolute atomic E-state index is 0.0464. The van der Waals surface area contributed by atoms with E-state index >= 15 is 0 Å². The van der Waals surface area contributed by atoms with Crippen molar-refractivity contribution in [1.29, 1.82) is 0 Å². The number of rotatable bonds is 3. The molecule has 1 unspecified atom stereocenters. The van der Waals surface area contributed by atoms with Gasteiger partial charge in [-0.05, 0) is 23.8 Å². The first-order valence-electron chi connectivity index (χ1n) is 9.61. The number of hydrogen-bond donors (Lipinski definition) is 0. The molecule has 0 saturated carbocycles. The Hall–Kier alpha value is -3.09. The Morgan fingerprint density at radius 3 is 2.39 bits per heavy atom. The van der Waals surface area contributed by atoms with Crippen molar-refractivity contribution in [1.82, 2.24) is 9.80 Å². The average Bonchev–Trinajstić information content (AvgIpc) is 3.40. The van der Waals surface area contributed by atoms with Crippen LogP contribution < -0.4 is 4.90 Å². The maximum atomic E-state index is 13.2. The van der Waals surface area contributed by atoms with Gasteiger partial charge in [-0.25, -0.2) is 0 Å². The molecule has 0 spiro atoms. The van der Waals surface area contributed by atoms with Crippen LogP contribution in [0, 0.1) is 0 Å². The standard InChI is InChI=1S/C21H23N3O4/c1-2-19(25)24-16-7-4-3-6-15(16)14-17(24)20(26)22-9-11-23(12-10-22)21(27)18-8-5-13-28-18/h3-8,13,17H,2,9-12,14H2,1H3. The van der Waals surface area contributed by atoms with Crippen LogP contribution in [0.25, 0.3) is 0 Å². The first-order chi connectivity index (χ1) is 13.6. The van der Waals surface area contributed by atoms with E-state index in [9.17, 15) is 14.4 Å². The molecular weight excluding hydrogens is 358 g/mol. The Kier molecular flexibility index (Phi) is 4.90. The number of anilines is 1. The van der Waals surface area contributed by atoms with E-state index in [4.69, 9.17) is 4.42 Å². The third-order valence-electron chi connectivity index (χ3n) is 5.44. The van der Waals surface area contributed by atoms with E-state index in [1.165, 1.54) is 6.26 Å². The lowest BCUT2D eigenvalue weighted by Gasteiger charge is -2.37. The largest absolute Gasteiger partial charge is 0.459 e. The van der Waals surface area contributed by atoms with Crippen molar-refractivity contribution in [2.75, 3.05) is 31.1 Å². The number of furan rings is 1. The molecule has 0 N–H and O–H groups in total. The lowest BCUT2D eigenvalue weighted by Crippen LogP contribution is -2.56. The third kappa shape index (κ3) is 3.17. The van der Waals surface area contributed by atoms with E-state index in [1.807, 2.05) is 31.2 Å². The van der Waals surface area contributed by atoms with Crippen molar-refractivity contribution in [3.05, 3.63) is 54.0 Å². The third-order valence-corrected chi connectivity index (χ3v) is 5.44. The molecule has 2 aliphatic rings. The summed E-state index contributed by atoms with van der Waals surface area (Å²) in [5.74, 6) is 0.0527. The number of piperazine rings is 1. The normalized spacial score (nSPS) is 18.9. The quantitative estimate of drug-likeness (QED) is 0.814. The van der Waals surface area contributed by atoms with Gasteiger partial charge in [-0.1, -0.05) is 25.1 Å². The van der Waals surface area contributed by atoms with Crippen molar-refractivity contribution in [2.24, 2.45) is 0 Å². The number of benzene rings is 1. The monoisotopic (exact) mass is 381 g/mol. The Labute approximate surface area is 163 Å². The second kappa shape index (κ2) is 7.50. The number of carbonyl (C=O) groups excluding carboxylic acids is 3. The molecule has 7 nitrogen and oxygen atoms in total. The molecule has 4 rings (SSSR count). The summed E-state index contributed by atoms with van der Waals surface area (Å²) in [5, 5.41) is 0. The van der Waals surface area contributed by atoms with Gasteiger partial charge in [0, 0.05) is 44.7 Å². The summed E-state index contributed by atoms with van der Waals surface area (Å²) in [6.45, 7) is 3.61. The van der Waals surface area contributed by atoms with Crippen LogP contribution in [0.4, 0.5) is 5.69 Å². The Balaban J connectivity index is 1.45. The molecule has 1 fully saturated rings. The fourth-order valence-electron chi connectivity index (χ4n) is 3.96. The van der Waals surface area contributed by atoms with Gasteiger partial charge in [0.2, 0.25) is 11.8 Å². The molecule has 0 radical (unpaired) electrons. The van der Waals surface area contributed by atoms with Crippen LogP contribution in [0.3, 0.4) is 0 Å². The minimum atomic E-state index is -0.503. The van der Waals surface area contributed by atoms with Gasteiger partial charge in [-0.2, -0.15) is 0 Å². The first kappa shape index (κ1) is 18.3. The van der Waals surface area contributed by atoms with E-state index in [-0.39, 0.29) is 17.7 Å². The Morgan fingerprint density at radius 1 is 1.00 bits per heavy atom. The summed E-state index contributed by atoms with van der Waals surface area (Å²) < 4.78 is 5.18. The Morgan fingerprint density at radius 2 is 1.71 bits per heavy atom. The molecule has 146 valence electrons. The number of hydrogen-bond acceptors (Lipinski definition) is 4. The minimum Gasteiger partial charge on any atom is -0.459 e. The molecule has 0 aliphatic carbocycles. The molecule has 3 heterocycles. The fourth-order valence-corrected chi connectivity index (χ4v) is 3.96. The summed E-state index contributed by atoms with van der Waals surface area (Å²) in [6.07, 6.45) is 2.36. The summed E-state index contributed by atoms with van der Waals surface area (Å²) in [5.41, 5.74) is 1.86. The second-order valence-electron chi connectivity index (χ2n) is 7.06. The van der Waals surface area contributed by atoms with Crippen molar-refractivity contribution in [3.8, 4) is 0 Å². The van der Waals surface area contributed by atoms with Crippen molar-refractivity contribution in [2.45, 2.75) is 25.8 Å². The van der Waals surface area contributed by atoms with Crippen LogP contribution in [-0.2, 0) is 16.0 Å². The van der Waals surface area contributed by atoms with E-state index in [2.05, 4.69) is 0 Å². The predicted octanol–water partition coefficient (Wildman–Crippen LogP) is 1.93. The number of fused-ring (bicyclic) bond motifs is 1. The average molecular weight is 381 g/mol. The van der Waals surface area contributed by atoms with Gasteiger partial charge >= 0.3 is 0 Å². The number of carbonyl (C=O) groups is 3. The predicted molar refractivity (Wildman–Crippen MR) is 103 cm³/mol. The van der Waals surface area contributed by atoms with Crippen molar-refractivity contribution >= 4 is 23.4 Å². The zero-order valence-electron chi connectivity index (χ0n) is 15.8. The van der Waals surface area contributed by atoms with Gasteiger partial charge in [0.05, 0.1) is 6.26 Å². The van der Waals surface area contributed by atoms with Crippen LogP contribution in [-0.4, -0.2) is 59.7 Å². The highest BCUT2D eigenvalue weighted by Crippen LogP contribution is 2.33. The number of nitrogens with zero attached hydrogens (tertiary/aromatic N) is 3. The smallest absolute Gasteiger partial charge is 0.289 e. The van der Waals surface area contributed by atoms with Crippen LogP contribution >= 0.6 is 0 Å². The van der Waals surface area contributed by atoms with E-state index < -0.39 is 6.04 Å². The lowest BCUT2D eigenvalue weighted by molar-refractivity contribution is -0.135. The van der Waals surface area contributed by atoms with E-state index in [0.717, 1.165) is 11.3 Å². The molecule has 3 amide bonds. The molecule has 28 heavy (non-hydrogen) atoms. The first-order valence-corrected chi connectivity index (χ1v) is 9.61. The summed E-state index contributed by atoms with van der Waals surface area (Å²) in [7, 11) is 0. The zero-order chi connectivity index (χ0) is 19.7. The molecular formula is C21H23N3O4. The molecule has 1 aromatic carbocycles. The number of para-hydroxylation sites is 1. The molecule has 7 heteroatoms. The Bertz CT molecular complexity index is 885. The van der Waals surface area contributed by atoms with Crippen LogP contribution in [0.1, 0.15) is 29.5 Å². The van der Waals surface area contributed by atoms with Crippen LogP contribution in [0.2, 0.25) is 0 Å². The molecule has 2 aromatic rings. The molecule has 1 aromatic heterocycles. The zero-order valence-corrected chi connectivity index (χ0v) is 15.8. The second-order valence-corrected chi connectivity index (χ2v) is 7.06. The van der Waals surface area contributed by atoms with Gasteiger partial charge < -0.3 is 14.2 Å². The maximum absolute atomic E-state index is 13.2. The lowest BCUT2D eigenvalue weighted by atomic mass is 10.1. The van der Waals surface area contributed by atoms with Gasteiger partial charge in [-0.3, -0.25) is 19.3 Å². The van der Waals surface area contributed by atoms with Crippen LogP contribution in [0.15, 0.2) is 47.1 Å². The van der Waals surface area contributed by atoms with Gasteiger partial charge in [0.15, 0.2) is 5.76 Å². The van der Waals surface area contributed by atoms with Gasteiger partial charge in [0.1, 0.15) is 6.04 Å². The molecule has 1 atom stereocenters. The van der Waals surface area contributed by atoms with Crippen molar-refractivity contribution < 1.29 is 18.8 Å².